The second-order valence-electron chi connectivity index (χ2n) is 8.26. The van der Waals surface area contributed by atoms with Crippen LogP contribution in [0.1, 0.15) is 17.5 Å². The highest BCUT2D eigenvalue weighted by Crippen LogP contribution is 2.29. The monoisotopic (exact) mass is 469 g/mol. The predicted octanol–water partition coefficient (Wildman–Crippen LogP) is 3.89. The summed E-state index contributed by atoms with van der Waals surface area (Å²) in [5.74, 6) is 0.311. The van der Waals surface area contributed by atoms with Gasteiger partial charge in [0.15, 0.2) is 15.0 Å². The van der Waals surface area contributed by atoms with Crippen LogP contribution in [0.2, 0.25) is 0 Å². The average Bonchev–Trinajstić information content (AvgIpc) is 3.37. The first-order valence-electron chi connectivity index (χ1n) is 10.5. The second kappa shape index (κ2) is 9.11. The Morgan fingerprint density at radius 2 is 1.91 bits per heavy atom. The molecule has 1 aliphatic heterocycles. The highest BCUT2D eigenvalue weighted by molar-refractivity contribution is 7.99. The van der Waals surface area contributed by atoms with Crippen molar-refractivity contribution in [3.63, 3.8) is 0 Å². The lowest BCUT2D eigenvalue weighted by Crippen LogP contribution is -2.38. The van der Waals surface area contributed by atoms with Crippen molar-refractivity contribution in [2.45, 2.75) is 31.5 Å². The van der Waals surface area contributed by atoms with Crippen molar-refractivity contribution in [3.05, 3.63) is 65.9 Å². The Morgan fingerprint density at radius 3 is 2.56 bits per heavy atom. The Morgan fingerprint density at radius 1 is 1.16 bits per heavy atom. The van der Waals surface area contributed by atoms with Gasteiger partial charge < -0.3 is 4.90 Å². The molecule has 32 heavy (non-hydrogen) atoms. The van der Waals surface area contributed by atoms with Crippen LogP contribution in [0, 0.1) is 13.8 Å². The molecule has 2 heterocycles. The van der Waals surface area contributed by atoms with Crippen LogP contribution in [-0.2, 0) is 14.6 Å². The maximum absolute atomic E-state index is 12.8. The summed E-state index contributed by atoms with van der Waals surface area (Å²) in [6, 6.07) is 16.0. The van der Waals surface area contributed by atoms with Crippen LogP contribution in [0.4, 0.5) is 0 Å². The fraction of sp³-hybridized carbons (Fsp3) is 0.333. The molecular weight excluding hydrogens is 442 g/mol. The minimum absolute atomic E-state index is 0.0511. The van der Waals surface area contributed by atoms with Gasteiger partial charge in [-0.05, 0) is 49.6 Å². The zero-order valence-electron chi connectivity index (χ0n) is 18.5. The Hall–Kier alpha value is -2.58. The molecule has 1 saturated heterocycles. The second-order valence-corrected chi connectivity index (χ2v) is 11.4. The van der Waals surface area contributed by atoms with E-state index in [-0.39, 0.29) is 29.2 Å². The summed E-state index contributed by atoms with van der Waals surface area (Å²) in [4.78, 5) is 19.2. The van der Waals surface area contributed by atoms with Gasteiger partial charge in [-0.1, -0.05) is 42.1 Å². The summed E-state index contributed by atoms with van der Waals surface area (Å²) >= 11 is 1.37. The Kier molecular flexibility index (Phi) is 6.44. The first kappa shape index (κ1) is 22.6. The SMILES string of the molecule is Cc1ccc(-c2cn(-c3ccccc3)c(SCC(=O)N(C)[C@H]3CCS(=O)(=O)C3)n2)cc1C. The molecule has 6 nitrogen and oxygen atoms in total. The van der Waals surface area contributed by atoms with E-state index in [2.05, 4.69) is 32.0 Å². The molecule has 1 aliphatic rings. The number of aryl methyl sites for hydroxylation is 2. The Bertz CT molecular complexity index is 1240. The lowest BCUT2D eigenvalue weighted by Gasteiger charge is -2.23. The van der Waals surface area contributed by atoms with Crippen molar-refractivity contribution < 1.29 is 13.2 Å². The van der Waals surface area contributed by atoms with Crippen molar-refractivity contribution in [2.24, 2.45) is 0 Å². The maximum atomic E-state index is 12.8. The highest BCUT2D eigenvalue weighted by Gasteiger charge is 2.32. The van der Waals surface area contributed by atoms with E-state index in [1.807, 2.05) is 41.1 Å². The smallest absolute Gasteiger partial charge is 0.233 e. The van der Waals surface area contributed by atoms with E-state index in [4.69, 9.17) is 4.98 Å². The van der Waals surface area contributed by atoms with E-state index in [1.54, 1.807) is 11.9 Å². The van der Waals surface area contributed by atoms with Gasteiger partial charge in [-0.25, -0.2) is 13.4 Å². The number of amides is 1. The molecular formula is C24H27N3O3S2. The molecule has 0 spiro atoms. The quantitative estimate of drug-likeness (QED) is 0.512. The zero-order chi connectivity index (χ0) is 22.9. The van der Waals surface area contributed by atoms with Gasteiger partial charge in [0.1, 0.15) is 0 Å². The van der Waals surface area contributed by atoms with Gasteiger partial charge in [0.2, 0.25) is 5.91 Å². The number of para-hydroxylation sites is 1. The van der Waals surface area contributed by atoms with Crippen LogP contribution in [-0.4, -0.2) is 59.1 Å². The van der Waals surface area contributed by atoms with E-state index in [1.165, 1.54) is 22.9 Å². The normalized spacial score (nSPS) is 17.4. The van der Waals surface area contributed by atoms with E-state index in [0.29, 0.717) is 6.42 Å². The number of benzene rings is 2. The van der Waals surface area contributed by atoms with Gasteiger partial charge in [0.05, 0.1) is 23.0 Å². The molecule has 8 heteroatoms. The molecule has 1 atom stereocenters. The molecule has 1 aromatic heterocycles. The summed E-state index contributed by atoms with van der Waals surface area (Å²) in [7, 11) is -1.34. The molecule has 168 valence electrons. The first-order valence-corrected chi connectivity index (χ1v) is 13.4. The molecule has 3 aromatic rings. The van der Waals surface area contributed by atoms with E-state index in [9.17, 15) is 13.2 Å². The minimum atomic E-state index is -3.03. The third kappa shape index (κ3) is 4.91. The van der Waals surface area contributed by atoms with Gasteiger partial charge in [-0.3, -0.25) is 9.36 Å². The van der Waals surface area contributed by atoms with E-state index < -0.39 is 9.84 Å². The summed E-state index contributed by atoms with van der Waals surface area (Å²) in [5, 5.41) is 0.727. The lowest BCUT2D eigenvalue weighted by molar-refractivity contribution is -0.128. The standard InChI is InChI=1S/C24H27N3O3S2/c1-17-9-10-19(13-18(17)2)22-14-27(20-7-5-4-6-8-20)24(25-22)31-15-23(28)26(3)21-11-12-32(29,30)16-21/h4-10,13-14,21H,11-12,15-16H2,1-3H3/t21-/m0/s1. The number of hydrogen-bond donors (Lipinski definition) is 0. The molecule has 0 N–H and O–H groups in total. The first-order chi connectivity index (χ1) is 15.2. The van der Waals surface area contributed by atoms with Gasteiger partial charge in [-0.15, -0.1) is 0 Å². The number of imidazole rings is 1. The van der Waals surface area contributed by atoms with Crippen LogP contribution >= 0.6 is 11.8 Å². The molecule has 4 rings (SSSR count). The average molecular weight is 470 g/mol. The van der Waals surface area contributed by atoms with E-state index in [0.717, 1.165) is 22.1 Å². The highest BCUT2D eigenvalue weighted by atomic mass is 32.2. The minimum Gasteiger partial charge on any atom is -0.341 e. The third-order valence-electron chi connectivity index (χ3n) is 5.98. The van der Waals surface area contributed by atoms with Crippen LogP contribution in [0.3, 0.4) is 0 Å². The molecule has 0 radical (unpaired) electrons. The van der Waals surface area contributed by atoms with E-state index >= 15 is 0 Å². The van der Waals surface area contributed by atoms with Crippen molar-refractivity contribution in [2.75, 3.05) is 24.3 Å². The molecule has 1 fully saturated rings. The van der Waals surface area contributed by atoms with Gasteiger partial charge in [-0.2, -0.15) is 0 Å². The Balaban J connectivity index is 1.57. The predicted molar refractivity (Wildman–Crippen MR) is 129 cm³/mol. The van der Waals surface area contributed by atoms with Gasteiger partial charge in [0, 0.05) is 30.5 Å². The van der Waals surface area contributed by atoms with Crippen LogP contribution < -0.4 is 0 Å². The zero-order valence-corrected chi connectivity index (χ0v) is 20.1. The van der Waals surface area contributed by atoms with Crippen molar-refractivity contribution in [1.29, 1.82) is 0 Å². The third-order valence-corrected chi connectivity index (χ3v) is 8.67. The summed E-state index contributed by atoms with van der Waals surface area (Å²) in [6.07, 6.45) is 2.50. The van der Waals surface area contributed by atoms with Crippen LogP contribution in [0.5, 0.6) is 0 Å². The fourth-order valence-corrected chi connectivity index (χ4v) is 6.48. The van der Waals surface area contributed by atoms with Gasteiger partial charge in [0.25, 0.3) is 0 Å². The fourth-order valence-electron chi connectivity index (χ4n) is 3.79. The number of hydrogen-bond acceptors (Lipinski definition) is 5. The molecule has 0 bridgehead atoms. The number of thioether (sulfide) groups is 1. The number of carbonyl (C=O) groups is 1. The number of sulfone groups is 1. The number of aromatic nitrogens is 2. The van der Waals surface area contributed by atoms with Gasteiger partial charge >= 0.3 is 0 Å². The lowest BCUT2D eigenvalue weighted by atomic mass is 10.0. The van der Waals surface area contributed by atoms with Crippen molar-refractivity contribution >= 4 is 27.5 Å². The Labute approximate surface area is 193 Å². The summed E-state index contributed by atoms with van der Waals surface area (Å²) < 4.78 is 25.6. The summed E-state index contributed by atoms with van der Waals surface area (Å²) in [5.41, 5.74) is 5.29. The number of rotatable bonds is 6. The van der Waals surface area contributed by atoms with Crippen molar-refractivity contribution in [3.8, 4) is 16.9 Å². The summed E-state index contributed by atoms with van der Waals surface area (Å²) in [6.45, 7) is 4.17. The topological polar surface area (TPSA) is 72.3 Å². The molecule has 1 amide bonds. The molecule has 2 aromatic carbocycles. The number of nitrogens with zero attached hydrogens (tertiary/aromatic N) is 3. The maximum Gasteiger partial charge on any atom is 0.233 e. The van der Waals surface area contributed by atoms with Crippen LogP contribution in [0.15, 0.2) is 59.9 Å². The van der Waals surface area contributed by atoms with Crippen LogP contribution in [0.25, 0.3) is 16.9 Å². The largest absolute Gasteiger partial charge is 0.341 e. The van der Waals surface area contributed by atoms with Crippen molar-refractivity contribution in [1.82, 2.24) is 14.5 Å². The number of carbonyl (C=O) groups excluding carboxylic acids is 1. The molecule has 0 saturated carbocycles. The molecule has 0 unspecified atom stereocenters. The molecule has 0 aliphatic carbocycles.